The number of carboxylic acids is 1. The number of carbonyl (C=O) groups excluding carboxylic acids is 2. The van der Waals surface area contributed by atoms with Gasteiger partial charge in [-0.2, -0.15) is 0 Å². The summed E-state index contributed by atoms with van der Waals surface area (Å²) in [6, 6.07) is 18.6. The number of H-pyrrole nitrogens is 1. The van der Waals surface area contributed by atoms with Crippen LogP contribution in [0.3, 0.4) is 0 Å². The molecule has 0 saturated carbocycles. The number of phenols is 1. The number of aromatic hydroxyl groups is 1. The van der Waals surface area contributed by atoms with Gasteiger partial charge in [0.1, 0.15) is 17.6 Å². The number of nitrogens with two attached hydrogens (primary N) is 1. The summed E-state index contributed by atoms with van der Waals surface area (Å²) in [5.74, 6) is -1.54. The Kier molecular flexibility index (Phi) is 7.29. The predicted octanol–water partition coefficient (Wildman–Crippen LogP) is 2.42. The first-order valence-electron chi connectivity index (χ1n) is 12.7. The third-order valence-corrected chi connectivity index (χ3v) is 6.98. The Morgan fingerprint density at radius 1 is 1.03 bits per heavy atom. The lowest BCUT2D eigenvalue weighted by Crippen LogP contribution is -2.57. The van der Waals surface area contributed by atoms with E-state index in [9.17, 15) is 24.6 Å². The fraction of sp³-hybridized carbons (Fsp3) is 0.241. The van der Waals surface area contributed by atoms with E-state index in [1.165, 1.54) is 17.0 Å². The number of hydrogen-bond acceptors (Lipinski definition) is 6. The van der Waals surface area contributed by atoms with Gasteiger partial charge in [-0.05, 0) is 47.4 Å². The molecular weight excluding hydrogens is 498 g/mol. The number of carboxylic acid groups (broad SMARTS) is 1. The van der Waals surface area contributed by atoms with E-state index in [0.29, 0.717) is 11.3 Å². The molecule has 2 heterocycles. The fourth-order valence-electron chi connectivity index (χ4n) is 4.97. The number of para-hydroxylation sites is 2. The maximum Gasteiger partial charge on any atom is 0.305 e. The molecule has 6 N–H and O–H groups in total. The predicted molar refractivity (Wildman–Crippen MR) is 144 cm³/mol. The Morgan fingerprint density at radius 2 is 1.72 bits per heavy atom. The number of aromatic amines is 1. The van der Waals surface area contributed by atoms with Crippen LogP contribution in [0.1, 0.15) is 35.0 Å². The molecule has 3 atom stereocenters. The van der Waals surface area contributed by atoms with E-state index in [4.69, 9.17) is 5.73 Å². The number of amides is 2. The van der Waals surface area contributed by atoms with Gasteiger partial charge >= 0.3 is 5.97 Å². The van der Waals surface area contributed by atoms with Crippen LogP contribution in [0.4, 0.5) is 0 Å². The second-order valence-corrected chi connectivity index (χ2v) is 9.73. The SMILES string of the molecule is N[C@@H](Cc1ccc(O)cc1)C(=O)N1Cc2ccccc2C[C@H]1C(=O)N[C@@H](CC(=O)O)c1nc2ccccc2[nH]1. The fourth-order valence-corrected chi connectivity index (χ4v) is 4.97. The number of carbonyl (C=O) groups is 3. The van der Waals surface area contributed by atoms with Crippen molar-refractivity contribution in [1.82, 2.24) is 20.2 Å². The number of aliphatic carboxylic acids is 1. The zero-order valence-corrected chi connectivity index (χ0v) is 21.1. The van der Waals surface area contributed by atoms with Crippen LogP contribution in [0.15, 0.2) is 72.8 Å². The highest BCUT2D eigenvalue weighted by atomic mass is 16.4. The molecule has 2 amide bonds. The highest BCUT2D eigenvalue weighted by Gasteiger charge is 2.38. The third-order valence-electron chi connectivity index (χ3n) is 6.98. The molecule has 4 aromatic rings. The van der Waals surface area contributed by atoms with Gasteiger partial charge in [-0.15, -0.1) is 0 Å². The summed E-state index contributed by atoms with van der Waals surface area (Å²) in [4.78, 5) is 48.1. The molecule has 39 heavy (non-hydrogen) atoms. The number of rotatable bonds is 8. The molecule has 5 rings (SSSR count). The number of nitrogens with one attached hydrogen (secondary N) is 2. The Balaban J connectivity index is 1.41. The van der Waals surface area contributed by atoms with Crippen molar-refractivity contribution in [2.45, 2.75) is 43.9 Å². The molecule has 0 bridgehead atoms. The van der Waals surface area contributed by atoms with E-state index in [1.807, 2.05) is 42.5 Å². The van der Waals surface area contributed by atoms with Crippen LogP contribution in [0.5, 0.6) is 5.75 Å². The van der Waals surface area contributed by atoms with Gasteiger partial charge in [0.15, 0.2) is 0 Å². The van der Waals surface area contributed by atoms with Crippen LogP contribution in [-0.2, 0) is 33.8 Å². The van der Waals surface area contributed by atoms with E-state index >= 15 is 0 Å². The quantitative estimate of drug-likeness (QED) is 0.235. The summed E-state index contributed by atoms with van der Waals surface area (Å²) in [7, 11) is 0. The summed E-state index contributed by atoms with van der Waals surface area (Å²) in [6.07, 6.45) is 0.106. The Hall–Kier alpha value is -4.70. The van der Waals surface area contributed by atoms with Gasteiger partial charge < -0.3 is 31.1 Å². The molecule has 0 unspecified atom stereocenters. The standard InChI is InChI=1S/C29H29N5O5/c30-21(13-17-9-11-20(35)12-10-17)29(39)34-16-19-6-2-1-5-18(19)14-25(34)28(38)33-24(15-26(36)37)27-31-22-7-3-4-8-23(22)32-27/h1-12,21,24-25,35H,13-16,30H2,(H,31,32)(H,33,38)(H,36,37)/t21-,24-,25-/m0/s1. The molecule has 1 aliphatic rings. The first-order chi connectivity index (χ1) is 18.8. The molecular formula is C29H29N5O5. The van der Waals surface area contributed by atoms with Gasteiger partial charge in [0, 0.05) is 13.0 Å². The van der Waals surface area contributed by atoms with Gasteiger partial charge in [0.2, 0.25) is 11.8 Å². The number of imidazole rings is 1. The minimum atomic E-state index is -1.10. The normalized spacial score (nSPS) is 16.3. The van der Waals surface area contributed by atoms with Gasteiger partial charge in [0.05, 0.1) is 29.5 Å². The topological polar surface area (TPSA) is 162 Å². The molecule has 0 fully saturated rings. The zero-order chi connectivity index (χ0) is 27.5. The molecule has 10 heteroatoms. The zero-order valence-electron chi connectivity index (χ0n) is 21.1. The van der Waals surface area contributed by atoms with Crippen molar-refractivity contribution >= 4 is 28.8 Å². The second kappa shape index (κ2) is 11.0. The van der Waals surface area contributed by atoms with Gasteiger partial charge in [-0.3, -0.25) is 14.4 Å². The molecule has 0 saturated heterocycles. The highest BCUT2D eigenvalue weighted by Crippen LogP contribution is 2.26. The summed E-state index contributed by atoms with van der Waals surface area (Å²) >= 11 is 0. The molecule has 1 aromatic heterocycles. The first-order valence-corrected chi connectivity index (χ1v) is 12.7. The van der Waals surface area contributed by atoms with E-state index in [1.54, 1.807) is 18.2 Å². The van der Waals surface area contributed by atoms with Crippen LogP contribution < -0.4 is 11.1 Å². The Morgan fingerprint density at radius 3 is 2.44 bits per heavy atom. The van der Waals surface area contributed by atoms with Crippen LogP contribution in [-0.4, -0.2) is 54.9 Å². The minimum absolute atomic E-state index is 0.114. The van der Waals surface area contributed by atoms with Crippen LogP contribution in [0.25, 0.3) is 11.0 Å². The second-order valence-electron chi connectivity index (χ2n) is 9.73. The smallest absolute Gasteiger partial charge is 0.305 e. The largest absolute Gasteiger partial charge is 0.508 e. The van der Waals surface area contributed by atoms with E-state index in [0.717, 1.165) is 22.2 Å². The van der Waals surface area contributed by atoms with E-state index < -0.39 is 35.9 Å². The van der Waals surface area contributed by atoms with E-state index in [-0.39, 0.29) is 31.6 Å². The lowest BCUT2D eigenvalue weighted by molar-refractivity contribution is -0.144. The number of nitrogens with zero attached hydrogens (tertiary/aromatic N) is 2. The lowest BCUT2D eigenvalue weighted by atomic mass is 9.92. The highest BCUT2D eigenvalue weighted by molar-refractivity contribution is 5.91. The molecule has 10 nitrogen and oxygen atoms in total. The maximum absolute atomic E-state index is 13.7. The van der Waals surface area contributed by atoms with Crippen LogP contribution >= 0.6 is 0 Å². The molecule has 0 radical (unpaired) electrons. The summed E-state index contributed by atoms with van der Waals surface area (Å²) in [5, 5.41) is 21.9. The van der Waals surface area contributed by atoms with Crippen molar-refractivity contribution in [2.24, 2.45) is 5.73 Å². The van der Waals surface area contributed by atoms with E-state index in [2.05, 4.69) is 15.3 Å². The van der Waals surface area contributed by atoms with Crippen molar-refractivity contribution in [3.05, 3.63) is 95.3 Å². The molecule has 0 spiro atoms. The minimum Gasteiger partial charge on any atom is -0.508 e. The number of fused-ring (bicyclic) bond motifs is 2. The van der Waals surface area contributed by atoms with Gasteiger partial charge in [0.25, 0.3) is 0 Å². The summed E-state index contributed by atoms with van der Waals surface area (Å²) in [6.45, 7) is 0.199. The lowest BCUT2D eigenvalue weighted by Gasteiger charge is -2.38. The number of aromatic nitrogens is 2. The summed E-state index contributed by atoms with van der Waals surface area (Å²) in [5.41, 5.74) is 10.3. The van der Waals surface area contributed by atoms with Crippen LogP contribution in [0.2, 0.25) is 0 Å². The first kappa shape index (κ1) is 25.9. The van der Waals surface area contributed by atoms with Gasteiger partial charge in [-0.25, -0.2) is 4.98 Å². The maximum atomic E-state index is 13.7. The average Bonchev–Trinajstić information content (AvgIpc) is 3.37. The summed E-state index contributed by atoms with van der Waals surface area (Å²) < 4.78 is 0. The van der Waals surface area contributed by atoms with Crippen molar-refractivity contribution in [1.29, 1.82) is 0 Å². The number of phenolic OH excluding ortho intramolecular Hbond substituents is 1. The van der Waals surface area contributed by atoms with Gasteiger partial charge in [-0.1, -0.05) is 48.5 Å². The average molecular weight is 528 g/mol. The number of hydrogen-bond donors (Lipinski definition) is 5. The Labute approximate surface area is 224 Å². The molecule has 0 aliphatic carbocycles. The molecule has 200 valence electrons. The molecule has 1 aliphatic heterocycles. The Bertz CT molecular complexity index is 1480. The van der Waals surface area contributed by atoms with Crippen molar-refractivity contribution in [2.75, 3.05) is 0 Å². The van der Waals surface area contributed by atoms with Crippen molar-refractivity contribution < 1.29 is 24.6 Å². The van der Waals surface area contributed by atoms with Crippen LogP contribution in [0, 0.1) is 0 Å². The van der Waals surface area contributed by atoms with Crippen molar-refractivity contribution in [3.8, 4) is 5.75 Å². The third kappa shape index (κ3) is 5.75. The monoisotopic (exact) mass is 527 g/mol. The van der Waals surface area contributed by atoms with Crippen molar-refractivity contribution in [3.63, 3.8) is 0 Å². The number of benzene rings is 3. The molecule has 3 aromatic carbocycles.